The van der Waals surface area contributed by atoms with Crippen LogP contribution < -0.4 is 11.1 Å². The Morgan fingerprint density at radius 1 is 1.09 bits per heavy atom. The van der Waals surface area contributed by atoms with Gasteiger partial charge < -0.3 is 16.2 Å². The van der Waals surface area contributed by atoms with Crippen LogP contribution in [0.4, 0.5) is 0 Å². The van der Waals surface area contributed by atoms with Gasteiger partial charge in [-0.25, -0.2) is 0 Å². The number of carbonyl (C=O) groups excluding carboxylic acids is 1. The summed E-state index contributed by atoms with van der Waals surface area (Å²) in [5.41, 5.74) is 8.11. The molecule has 2 aromatic carbocycles. The number of rotatable bonds is 7. The molecule has 2 aromatic rings. The first-order valence-corrected chi connectivity index (χ1v) is 7.88. The highest BCUT2D eigenvalue weighted by molar-refractivity contribution is 5.81. The van der Waals surface area contributed by atoms with Crippen molar-refractivity contribution in [3.63, 3.8) is 0 Å². The van der Waals surface area contributed by atoms with Gasteiger partial charge in [0.15, 0.2) is 0 Å². The van der Waals surface area contributed by atoms with Crippen molar-refractivity contribution in [2.75, 3.05) is 6.54 Å². The van der Waals surface area contributed by atoms with Gasteiger partial charge in [0.2, 0.25) is 5.91 Å². The molecule has 0 aliphatic rings. The van der Waals surface area contributed by atoms with Crippen LogP contribution in [-0.2, 0) is 11.2 Å². The molecule has 0 bridgehead atoms. The van der Waals surface area contributed by atoms with Crippen LogP contribution in [0.2, 0.25) is 0 Å². The minimum atomic E-state index is -1.21. The maximum atomic E-state index is 12.1. The van der Waals surface area contributed by atoms with Crippen molar-refractivity contribution < 1.29 is 9.90 Å². The molecule has 1 amide bonds. The summed E-state index contributed by atoms with van der Waals surface area (Å²) in [6.45, 7) is 2.50. The predicted molar refractivity (Wildman–Crippen MR) is 92.0 cm³/mol. The van der Waals surface area contributed by atoms with Crippen molar-refractivity contribution in [3.8, 4) is 0 Å². The van der Waals surface area contributed by atoms with Crippen molar-refractivity contribution in [1.82, 2.24) is 5.32 Å². The molecule has 23 heavy (non-hydrogen) atoms. The Morgan fingerprint density at radius 2 is 1.65 bits per heavy atom. The maximum absolute atomic E-state index is 12.1. The molecule has 4 nitrogen and oxygen atoms in total. The van der Waals surface area contributed by atoms with Gasteiger partial charge in [0.05, 0.1) is 0 Å². The number of nitrogens with two attached hydrogens (primary N) is 1. The summed E-state index contributed by atoms with van der Waals surface area (Å²) < 4.78 is 0. The summed E-state index contributed by atoms with van der Waals surface area (Å²) in [4.78, 5) is 12.1. The van der Waals surface area contributed by atoms with E-state index in [0.717, 1.165) is 11.1 Å². The first-order chi connectivity index (χ1) is 11.1. The quantitative estimate of drug-likeness (QED) is 0.730. The Hall–Kier alpha value is -2.17. The number of hydrogen-bond acceptors (Lipinski definition) is 3. The zero-order valence-corrected chi connectivity index (χ0v) is 13.4. The molecule has 0 radical (unpaired) electrons. The minimum absolute atomic E-state index is 0.178. The molecule has 0 aliphatic carbocycles. The van der Waals surface area contributed by atoms with Gasteiger partial charge in [-0.1, -0.05) is 67.6 Å². The molecule has 122 valence electrons. The number of carbonyl (C=O) groups is 1. The van der Waals surface area contributed by atoms with Crippen LogP contribution >= 0.6 is 0 Å². The first-order valence-electron chi connectivity index (χ1n) is 7.88. The fourth-order valence-electron chi connectivity index (χ4n) is 2.45. The molecule has 4 N–H and O–H groups in total. The van der Waals surface area contributed by atoms with Gasteiger partial charge in [-0.3, -0.25) is 4.79 Å². The number of aliphatic hydroxyl groups is 1. The summed E-state index contributed by atoms with van der Waals surface area (Å²) in [6.07, 6.45) is -0.748. The molecule has 4 heteroatoms. The molecule has 0 heterocycles. The van der Waals surface area contributed by atoms with E-state index >= 15 is 0 Å². The van der Waals surface area contributed by atoms with E-state index < -0.39 is 18.1 Å². The van der Waals surface area contributed by atoms with Gasteiger partial charge in [-0.15, -0.1) is 0 Å². The summed E-state index contributed by atoms with van der Waals surface area (Å²) in [5.74, 6) is -0.242. The lowest BCUT2D eigenvalue weighted by molar-refractivity contribution is -0.130. The molecule has 0 aromatic heterocycles. The van der Waals surface area contributed by atoms with Gasteiger partial charge in [0.1, 0.15) is 6.10 Å². The summed E-state index contributed by atoms with van der Waals surface area (Å²) in [5, 5.41) is 12.9. The predicted octanol–water partition coefficient (Wildman–Crippen LogP) is 1.84. The van der Waals surface area contributed by atoms with Gasteiger partial charge in [-0.05, 0) is 23.5 Å². The van der Waals surface area contributed by atoms with Crippen molar-refractivity contribution >= 4 is 5.91 Å². The fraction of sp³-hybridized carbons (Fsp3) is 0.316. The Bertz CT molecular complexity index is 601. The average molecular weight is 312 g/mol. The molecule has 3 atom stereocenters. The van der Waals surface area contributed by atoms with Crippen LogP contribution in [0.1, 0.15) is 24.0 Å². The number of amides is 1. The molecule has 0 saturated heterocycles. The summed E-state index contributed by atoms with van der Waals surface area (Å²) >= 11 is 0. The Morgan fingerprint density at radius 3 is 2.26 bits per heavy atom. The van der Waals surface area contributed by atoms with Crippen LogP contribution in [0.3, 0.4) is 0 Å². The van der Waals surface area contributed by atoms with E-state index in [-0.39, 0.29) is 5.92 Å². The van der Waals surface area contributed by atoms with E-state index in [0.29, 0.717) is 13.0 Å². The number of hydrogen-bond donors (Lipinski definition) is 3. The Kier molecular flexibility index (Phi) is 6.32. The monoisotopic (exact) mass is 312 g/mol. The van der Waals surface area contributed by atoms with Crippen LogP contribution in [0, 0.1) is 0 Å². The van der Waals surface area contributed by atoms with Gasteiger partial charge >= 0.3 is 0 Å². The lowest BCUT2D eigenvalue weighted by atomic mass is 10.00. The van der Waals surface area contributed by atoms with E-state index in [1.54, 1.807) is 0 Å². The van der Waals surface area contributed by atoms with E-state index in [4.69, 9.17) is 5.73 Å². The third-order valence-electron chi connectivity index (χ3n) is 3.94. The van der Waals surface area contributed by atoms with Gasteiger partial charge in [0, 0.05) is 12.6 Å². The van der Waals surface area contributed by atoms with Crippen LogP contribution in [0.15, 0.2) is 60.7 Å². The SMILES string of the molecule is CC(CNC(=O)C(O)C(N)Cc1ccccc1)c1ccccc1. The van der Waals surface area contributed by atoms with E-state index in [1.165, 1.54) is 0 Å². The second-order valence-corrected chi connectivity index (χ2v) is 5.86. The highest BCUT2D eigenvalue weighted by atomic mass is 16.3. The fourth-order valence-corrected chi connectivity index (χ4v) is 2.45. The molecule has 3 unspecified atom stereocenters. The second-order valence-electron chi connectivity index (χ2n) is 5.86. The topological polar surface area (TPSA) is 75.3 Å². The molecule has 0 saturated carbocycles. The first kappa shape index (κ1) is 17.2. The smallest absolute Gasteiger partial charge is 0.250 e. The largest absolute Gasteiger partial charge is 0.382 e. The van der Waals surface area contributed by atoms with Crippen molar-refractivity contribution in [3.05, 3.63) is 71.8 Å². The van der Waals surface area contributed by atoms with E-state index in [2.05, 4.69) is 5.32 Å². The summed E-state index contributed by atoms with van der Waals surface area (Å²) in [6, 6.07) is 18.9. The lowest BCUT2D eigenvalue weighted by Crippen LogP contribution is -2.48. The third kappa shape index (κ3) is 5.20. The van der Waals surface area contributed by atoms with Crippen LogP contribution in [0.25, 0.3) is 0 Å². The highest BCUT2D eigenvalue weighted by Gasteiger charge is 2.23. The van der Waals surface area contributed by atoms with Gasteiger partial charge in [0.25, 0.3) is 0 Å². The van der Waals surface area contributed by atoms with E-state index in [9.17, 15) is 9.90 Å². The number of nitrogens with one attached hydrogen (secondary N) is 1. The zero-order valence-electron chi connectivity index (χ0n) is 13.4. The molecular formula is C19H24N2O2. The van der Waals surface area contributed by atoms with E-state index in [1.807, 2.05) is 67.6 Å². The molecule has 2 rings (SSSR count). The van der Waals surface area contributed by atoms with Crippen molar-refractivity contribution in [1.29, 1.82) is 0 Å². The molecule has 0 spiro atoms. The minimum Gasteiger partial charge on any atom is -0.382 e. The Labute approximate surface area is 137 Å². The maximum Gasteiger partial charge on any atom is 0.250 e. The van der Waals surface area contributed by atoms with Crippen molar-refractivity contribution in [2.45, 2.75) is 31.4 Å². The van der Waals surface area contributed by atoms with Crippen LogP contribution in [0.5, 0.6) is 0 Å². The molecular weight excluding hydrogens is 288 g/mol. The highest BCUT2D eigenvalue weighted by Crippen LogP contribution is 2.13. The molecule has 0 aliphatic heterocycles. The Balaban J connectivity index is 1.82. The standard InChI is InChI=1S/C19H24N2O2/c1-14(16-10-6-3-7-11-16)13-21-19(23)18(22)17(20)12-15-8-4-2-5-9-15/h2-11,14,17-18,22H,12-13,20H2,1H3,(H,21,23). The second kappa shape index (κ2) is 8.46. The molecule has 0 fully saturated rings. The normalized spacial score (nSPS) is 14.7. The van der Waals surface area contributed by atoms with Gasteiger partial charge in [-0.2, -0.15) is 0 Å². The lowest BCUT2D eigenvalue weighted by Gasteiger charge is -2.20. The summed E-state index contributed by atoms with van der Waals surface area (Å²) in [7, 11) is 0. The average Bonchev–Trinajstić information content (AvgIpc) is 2.60. The number of benzene rings is 2. The zero-order chi connectivity index (χ0) is 16.7. The third-order valence-corrected chi connectivity index (χ3v) is 3.94. The van der Waals surface area contributed by atoms with Crippen LogP contribution in [-0.4, -0.2) is 29.7 Å². The number of aliphatic hydroxyl groups excluding tert-OH is 1. The van der Waals surface area contributed by atoms with Crippen molar-refractivity contribution in [2.24, 2.45) is 5.73 Å².